The fourth-order valence-electron chi connectivity index (χ4n) is 1.95. The Morgan fingerprint density at radius 2 is 2.07 bits per heavy atom. The molecule has 0 bridgehead atoms. The number of nitrogens with zero attached hydrogens (tertiary/aromatic N) is 1. The average Bonchev–Trinajstić information content (AvgIpc) is 2.26. The highest BCUT2D eigenvalue weighted by molar-refractivity contribution is 4.78. The Bertz CT molecular complexity index is 173. The first kappa shape index (κ1) is 12.9. The van der Waals surface area contributed by atoms with Crippen LogP contribution in [0.4, 0.5) is 0 Å². The maximum absolute atomic E-state index is 5.64. The quantitative estimate of drug-likeness (QED) is 0.645. The third kappa shape index (κ3) is 3.72. The molecule has 15 heavy (non-hydrogen) atoms. The minimum atomic E-state index is -0.135. The second-order valence-corrected chi connectivity index (χ2v) is 4.06. The summed E-state index contributed by atoms with van der Waals surface area (Å²) in [7, 11) is 3.36. The van der Waals surface area contributed by atoms with E-state index in [4.69, 9.17) is 14.2 Å². The van der Waals surface area contributed by atoms with E-state index in [1.807, 2.05) is 0 Å². The summed E-state index contributed by atoms with van der Waals surface area (Å²) in [6.45, 7) is 6.89. The lowest BCUT2D eigenvalue weighted by atomic mass is 10.1. The minimum absolute atomic E-state index is 0.135. The van der Waals surface area contributed by atoms with Crippen molar-refractivity contribution in [2.24, 2.45) is 0 Å². The lowest BCUT2D eigenvalue weighted by Crippen LogP contribution is -2.51. The van der Waals surface area contributed by atoms with Gasteiger partial charge in [0.2, 0.25) is 0 Å². The van der Waals surface area contributed by atoms with Crippen LogP contribution in [0.1, 0.15) is 20.3 Å². The fourth-order valence-corrected chi connectivity index (χ4v) is 1.95. The van der Waals surface area contributed by atoms with Gasteiger partial charge in [-0.15, -0.1) is 0 Å². The van der Waals surface area contributed by atoms with Gasteiger partial charge < -0.3 is 14.2 Å². The zero-order chi connectivity index (χ0) is 11.3. The predicted molar refractivity (Wildman–Crippen MR) is 58.9 cm³/mol. The molecule has 4 nitrogen and oxygen atoms in total. The monoisotopic (exact) mass is 217 g/mol. The van der Waals surface area contributed by atoms with Crippen molar-refractivity contribution in [3.8, 4) is 0 Å². The Morgan fingerprint density at radius 1 is 1.40 bits per heavy atom. The minimum Gasteiger partial charge on any atom is -0.376 e. The van der Waals surface area contributed by atoms with Gasteiger partial charge in [0, 0.05) is 33.4 Å². The van der Waals surface area contributed by atoms with E-state index < -0.39 is 0 Å². The normalized spacial score (nSPS) is 28.6. The summed E-state index contributed by atoms with van der Waals surface area (Å²) in [4.78, 5) is 2.39. The second kappa shape index (κ2) is 6.43. The zero-order valence-electron chi connectivity index (χ0n) is 10.2. The molecular formula is C11H23NO3. The van der Waals surface area contributed by atoms with E-state index >= 15 is 0 Å². The summed E-state index contributed by atoms with van der Waals surface area (Å²) in [5.74, 6) is 0. The van der Waals surface area contributed by atoms with Gasteiger partial charge in [-0.2, -0.15) is 0 Å². The molecule has 0 radical (unpaired) electrons. The Labute approximate surface area is 92.5 Å². The molecule has 1 aliphatic rings. The van der Waals surface area contributed by atoms with Crippen LogP contribution in [0, 0.1) is 0 Å². The first-order chi connectivity index (χ1) is 7.21. The van der Waals surface area contributed by atoms with Gasteiger partial charge >= 0.3 is 0 Å². The lowest BCUT2D eigenvalue weighted by molar-refractivity contribution is -0.141. The fraction of sp³-hybridized carbons (Fsp3) is 1.00. The number of hydrogen-bond donors (Lipinski definition) is 0. The third-order valence-corrected chi connectivity index (χ3v) is 2.96. The molecule has 0 aromatic carbocycles. The number of hydrogen-bond acceptors (Lipinski definition) is 4. The maximum Gasteiger partial charge on any atom is 0.169 e. The standard InChI is InChI=1S/C11H23NO3/c1-5-10-8-15-9(2)6-12(10)7-11(13-3)14-4/h9-11H,5-8H2,1-4H3. The van der Waals surface area contributed by atoms with Crippen LogP contribution in [0.5, 0.6) is 0 Å². The first-order valence-corrected chi connectivity index (χ1v) is 5.62. The molecule has 0 aromatic rings. The average molecular weight is 217 g/mol. The van der Waals surface area contributed by atoms with Gasteiger partial charge in [0.1, 0.15) is 0 Å². The van der Waals surface area contributed by atoms with Crippen molar-refractivity contribution in [2.75, 3.05) is 33.9 Å². The van der Waals surface area contributed by atoms with Gasteiger partial charge in [-0.25, -0.2) is 0 Å². The number of morpholine rings is 1. The number of rotatable bonds is 5. The molecule has 1 saturated heterocycles. The summed E-state index contributed by atoms with van der Waals surface area (Å²) >= 11 is 0. The van der Waals surface area contributed by atoms with Crippen molar-refractivity contribution in [3.05, 3.63) is 0 Å². The van der Waals surface area contributed by atoms with Crippen molar-refractivity contribution in [2.45, 2.75) is 38.7 Å². The Balaban J connectivity index is 2.47. The highest BCUT2D eigenvalue weighted by Crippen LogP contribution is 2.15. The molecule has 0 N–H and O–H groups in total. The van der Waals surface area contributed by atoms with E-state index in [1.165, 1.54) is 0 Å². The molecule has 0 aromatic heterocycles. The van der Waals surface area contributed by atoms with E-state index in [1.54, 1.807) is 14.2 Å². The SMILES string of the molecule is CCC1COC(C)CN1CC(OC)OC. The summed E-state index contributed by atoms with van der Waals surface area (Å²) < 4.78 is 16.1. The van der Waals surface area contributed by atoms with Crippen LogP contribution in [-0.4, -0.2) is 57.3 Å². The van der Waals surface area contributed by atoms with Crippen LogP contribution in [-0.2, 0) is 14.2 Å². The smallest absolute Gasteiger partial charge is 0.169 e. The molecule has 2 unspecified atom stereocenters. The van der Waals surface area contributed by atoms with Crippen molar-refractivity contribution >= 4 is 0 Å². The van der Waals surface area contributed by atoms with Crippen LogP contribution in [0.2, 0.25) is 0 Å². The summed E-state index contributed by atoms with van der Waals surface area (Å²) in [6.07, 6.45) is 1.28. The Kier molecular flexibility index (Phi) is 5.53. The Morgan fingerprint density at radius 3 is 2.60 bits per heavy atom. The van der Waals surface area contributed by atoms with Gasteiger partial charge in [-0.05, 0) is 13.3 Å². The molecule has 0 aliphatic carbocycles. The van der Waals surface area contributed by atoms with Gasteiger partial charge in [0.25, 0.3) is 0 Å². The van der Waals surface area contributed by atoms with Crippen LogP contribution in [0.3, 0.4) is 0 Å². The van der Waals surface area contributed by atoms with E-state index in [9.17, 15) is 0 Å². The van der Waals surface area contributed by atoms with Crippen molar-refractivity contribution in [1.29, 1.82) is 0 Å². The molecule has 1 fully saturated rings. The number of ether oxygens (including phenoxy) is 3. The molecule has 0 saturated carbocycles. The Hall–Kier alpha value is -0.160. The predicted octanol–water partition coefficient (Wildman–Crippen LogP) is 1.10. The van der Waals surface area contributed by atoms with E-state index in [0.29, 0.717) is 12.1 Å². The summed E-state index contributed by atoms with van der Waals surface area (Å²) in [6, 6.07) is 0.494. The number of methoxy groups -OCH3 is 2. The van der Waals surface area contributed by atoms with Gasteiger partial charge in [0.15, 0.2) is 6.29 Å². The highest BCUT2D eigenvalue weighted by atomic mass is 16.7. The molecule has 1 aliphatic heterocycles. The van der Waals surface area contributed by atoms with Crippen LogP contribution in [0.15, 0.2) is 0 Å². The summed E-state index contributed by atoms with van der Waals surface area (Å²) in [5.41, 5.74) is 0. The largest absolute Gasteiger partial charge is 0.376 e. The molecule has 1 rings (SSSR count). The van der Waals surface area contributed by atoms with Gasteiger partial charge in [0.05, 0.1) is 12.7 Å². The van der Waals surface area contributed by atoms with E-state index in [0.717, 1.165) is 26.1 Å². The topological polar surface area (TPSA) is 30.9 Å². The first-order valence-electron chi connectivity index (χ1n) is 5.62. The van der Waals surface area contributed by atoms with E-state index in [2.05, 4.69) is 18.7 Å². The van der Waals surface area contributed by atoms with Crippen LogP contribution >= 0.6 is 0 Å². The molecule has 4 heteroatoms. The van der Waals surface area contributed by atoms with Crippen molar-refractivity contribution in [1.82, 2.24) is 4.90 Å². The molecular weight excluding hydrogens is 194 g/mol. The lowest BCUT2D eigenvalue weighted by Gasteiger charge is -2.39. The highest BCUT2D eigenvalue weighted by Gasteiger charge is 2.27. The second-order valence-electron chi connectivity index (χ2n) is 4.06. The van der Waals surface area contributed by atoms with Gasteiger partial charge in [-0.3, -0.25) is 4.90 Å². The van der Waals surface area contributed by atoms with Crippen molar-refractivity contribution < 1.29 is 14.2 Å². The van der Waals surface area contributed by atoms with Gasteiger partial charge in [-0.1, -0.05) is 6.92 Å². The molecule has 0 spiro atoms. The van der Waals surface area contributed by atoms with Crippen LogP contribution in [0.25, 0.3) is 0 Å². The molecule has 0 amide bonds. The van der Waals surface area contributed by atoms with Crippen LogP contribution < -0.4 is 0 Å². The molecule has 2 atom stereocenters. The zero-order valence-corrected chi connectivity index (χ0v) is 10.2. The molecule has 90 valence electrons. The maximum atomic E-state index is 5.64. The third-order valence-electron chi connectivity index (χ3n) is 2.96. The summed E-state index contributed by atoms with van der Waals surface area (Å²) in [5, 5.41) is 0. The van der Waals surface area contributed by atoms with Crippen molar-refractivity contribution in [3.63, 3.8) is 0 Å². The molecule has 1 heterocycles. The van der Waals surface area contributed by atoms with E-state index in [-0.39, 0.29) is 6.29 Å².